The lowest BCUT2D eigenvalue weighted by Gasteiger charge is -2.09. The highest BCUT2D eigenvalue weighted by Gasteiger charge is 2.07. The first-order valence-electron chi connectivity index (χ1n) is 6.66. The van der Waals surface area contributed by atoms with Crippen molar-refractivity contribution in [3.63, 3.8) is 0 Å². The Morgan fingerprint density at radius 1 is 1.14 bits per heavy atom. The van der Waals surface area contributed by atoms with Crippen LogP contribution < -0.4 is 5.32 Å². The standard InChI is InChI=1S/C15H17Cl2N3O/c1-3-18-14-8-11(9-21-2)19-15(20-14)7-10-4-5-12(16)13(17)6-10/h4-6,8H,3,7,9H2,1-2H3,(H,18,19,20). The van der Waals surface area contributed by atoms with E-state index < -0.39 is 0 Å². The van der Waals surface area contributed by atoms with Crippen LogP contribution in [-0.2, 0) is 17.8 Å². The van der Waals surface area contributed by atoms with Gasteiger partial charge < -0.3 is 10.1 Å². The predicted molar refractivity (Wildman–Crippen MR) is 86.2 cm³/mol. The highest BCUT2D eigenvalue weighted by atomic mass is 35.5. The van der Waals surface area contributed by atoms with Crippen LogP contribution in [0.4, 0.5) is 5.82 Å². The monoisotopic (exact) mass is 325 g/mol. The summed E-state index contributed by atoms with van der Waals surface area (Å²) >= 11 is 12.0. The van der Waals surface area contributed by atoms with E-state index in [1.807, 2.05) is 25.1 Å². The number of hydrogen-bond donors (Lipinski definition) is 1. The predicted octanol–water partition coefficient (Wildman–Crippen LogP) is 3.95. The van der Waals surface area contributed by atoms with Gasteiger partial charge in [0.1, 0.15) is 11.6 Å². The fourth-order valence-electron chi connectivity index (χ4n) is 1.96. The van der Waals surface area contributed by atoms with E-state index in [9.17, 15) is 0 Å². The van der Waals surface area contributed by atoms with Crippen LogP contribution in [0.5, 0.6) is 0 Å². The van der Waals surface area contributed by atoms with Gasteiger partial charge >= 0.3 is 0 Å². The smallest absolute Gasteiger partial charge is 0.135 e. The molecule has 2 aromatic rings. The number of methoxy groups -OCH3 is 1. The Balaban J connectivity index is 2.26. The summed E-state index contributed by atoms with van der Waals surface area (Å²) in [6.45, 7) is 3.28. The van der Waals surface area contributed by atoms with Crippen molar-refractivity contribution in [2.75, 3.05) is 19.0 Å². The molecule has 0 aliphatic heterocycles. The second-order valence-electron chi connectivity index (χ2n) is 4.55. The molecule has 21 heavy (non-hydrogen) atoms. The summed E-state index contributed by atoms with van der Waals surface area (Å²) in [5.74, 6) is 1.52. The fraction of sp³-hybridized carbons (Fsp3) is 0.333. The van der Waals surface area contributed by atoms with Crippen molar-refractivity contribution >= 4 is 29.0 Å². The number of rotatable bonds is 6. The summed E-state index contributed by atoms with van der Waals surface area (Å²) in [6.07, 6.45) is 0.590. The molecule has 0 unspecified atom stereocenters. The zero-order valence-corrected chi connectivity index (χ0v) is 13.5. The van der Waals surface area contributed by atoms with Crippen molar-refractivity contribution in [1.82, 2.24) is 9.97 Å². The second-order valence-corrected chi connectivity index (χ2v) is 5.36. The molecule has 1 heterocycles. The summed E-state index contributed by atoms with van der Waals surface area (Å²) in [5, 5.41) is 4.28. The van der Waals surface area contributed by atoms with Gasteiger partial charge in [-0.3, -0.25) is 0 Å². The van der Waals surface area contributed by atoms with Gasteiger partial charge in [-0.25, -0.2) is 9.97 Å². The summed E-state index contributed by atoms with van der Waals surface area (Å²) in [7, 11) is 1.65. The van der Waals surface area contributed by atoms with E-state index in [0.717, 1.165) is 29.4 Å². The average Bonchev–Trinajstić information content (AvgIpc) is 2.43. The maximum atomic E-state index is 6.04. The maximum absolute atomic E-state index is 6.04. The molecular weight excluding hydrogens is 309 g/mol. The third-order valence-electron chi connectivity index (χ3n) is 2.82. The van der Waals surface area contributed by atoms with E-state index >= 15 is 0 Å². The molecule has 0 aliphatic carbocycles. The molecule has 0 atom stereocenters. The summed E-state index contributed by atoms with van der Waals surface area (Å²) in [5.41, 5.74) is 1.86. The van der Waals surface area contributed by atoms with E-state index in [1.54, 1.807) is 13.2 Å². The molecule has 1 N–H and O–H groups in total. The van der Waals surface area contributed by atoms with Gasteiger partial charge in [0.15, 0.2) is 0 Å². The minimum absolute atomic E-state index is 0.454. The molecule has 1 aromatic heterocycles. The van der Waals surface area contributed by atoms with Crippen molar-refractivity contribution in [3.8, 4) is 0 Å². The van der Waals surface area contributed by atoms with Gasteiger partial charge in [0.25, 0.3) is 0 Å². The minimum atomic E-state index is 0.454. The number of aromatic nitrogens is 2. The molecule has 0 fully saturated rings. The van der Waals surface area contributed by atoms with E-state index in [2.05, 4.69) is 15.3 Å². The van der Waals surface area contributed by atoms with Crippen molar-refractivity contribution in [3.05, 3.63) is 51.4 Å². The van der Waals surface area contributed by atoms with Crippen molar-refractivity contribution < 1.29 is 4.74 Å². The summed E-state index contributed by atoms with van der Waals surface area (Å²) < 4.78 is 5.14. The first-order valence-corrected chi connectivity index (χ1v) is 7.41. The number of anilines is 1. The van der Waals surface area contributed by atoms with Crippen LogP contribution in [0, 0.1) is 0 Å². The van der Waals surface area contributed by atoms with Crippen LogP contribution in [0.3, 0.4) is 0 Å². The highest BCUT2D eigenvalue weighted by molar-refractivity contribution is 6.42. The minimum Gasteiger partial charge on any atom is -0.378 e. The molecule has 0 bridgehead atoms. The fourth-order valence-corrected chi connectivity index (χ4v) is 2.28. The average molecular weight is 326 g/mol. The Morgan fingerprint density at radius 2 is 1.95 bits per heavy atom. The third-order valence-corrected chi connectivity index (χ3v) is 3.56. The largest absolute Gasteiger partial charge is 0.378 e. The van der Waals surface area contributed by atoms with Gasteiger partial charge in [-0.2, -0.15) is 0 Å². The molecule has 1 aromatic carbocycles. The van der Waals surface area contributed by atoms with Crippen LogP contribution in [0.25, 0.3) is 0 Å². The Morgan fingerprint density at radius 3 is 2.62 bits per heavy atom. The Bertz CT molecular complexity index is 596. The molecule has 0 saturated carbocycles. The number of nitrogens with zero attached hydrogens (tertiary/aromatic N) is 2. The van der Waals surface area contributed by atoms with Crippen molar-refractivity contribution in [2.24, 2.45) is 0 Å². The Hall–Kier alpha value is -1.36. The number of benzene rings is 1. The molecule has 0 amide bonds. The van der Waals surface area contributed by atoms with Crippen LogP contribution in [0.2, 0.25) is 10.0 Å². The van der Waals surface area contributed by atoms with Gasteiger partial charge in [-0.05, 0) is 24.6 Å². The van der Waals surface area contributed by atoms with Crippen LogP contribution >= 0.6 is 23.2 Å². The Kier molecular flexibility index (Phi) is 5.79. The summed E-state index contributed by atoms with van der Waals surface area (Å²) in [6, 6.07) is 7.44. The SMILES string of the molecule is CCNc1cc(COC)nc(Cc2ccc(Cl)c(Cl)c2)n1. The molecule has 0 aliphatic rings. The van der Waals surface area contributed by atoms with Gasteiger partial charge in [0.2, 0.25) is 0 Å². The van der Waals surface area contributed by atoms with E-state index in [1.165, 1.54) is 0 Å². The van der Waals surface area contributed by atoms with Crippen LogP contribution in [0.1, 0.15) is 24.0 Å². The van der Waals surface area contributed by atoms with Crippen LogP contribution in [0.15, 0.2) is 24.3 Å². The summed E-state index contributed by atoms with van der Waals surface area (Å²) in [4.78, 5) is 9.00. The molecular formula is C15H17Cl2N3O. The number of hydrogen-bond acceptors (Lipinski definition) is 4. The van der Waals surface area contributed by atoms with Crippen LogP contribution in [-0.4, -0.2) is 23.6 Å². The number of ether oxygens (including phenoxy) is 1. The highest BCUT2D eigenvalue weighted by Crippen LogP contribution is 2.23. The third kappa shape index (κ3) is 4.56. The Labute approximate surface area is 134 Å². The molecule has 6 heteroatoms. The van der Waals surface area contributed by atoms with E-state index in [4.69, 9.17) is 27.9 Å². The molecule has 0 radical (unpaired) electrons. The van der Waals surface area contributed by atoms with Crippen molar-refractivity contribution in [2.45, 2.75) is 20.0 Å². The van der Waals surface area contributed by atoms with E-state index in [0.29, 0.717) is 23.1 Å². The topological polar surface area (TPSA) is 47.0 Å². The maximum Gasteiger partial charge on any atom is 0.135 e. The molecule has 0 spiro atoms. The van der Waals surface area contributed by atoms with Gasteiger partial charge in [-0.15, -0.1) is 0 Å². The normalized spacial score (nSPS) is 10.7. The zero-order valence-electron chi connectivity index (χ0n) is 12.0. The quantitative estimate of drug-likeness (QED) is 0.873. The molecule has 4 nitrogen and oxygen atoms in total. The molecule has 0 saturated heterocycles. The molecule has 2 rings (SSSR count). The first kappa shape index (κ1) is 16.0. The van der Waals surface area contributed by atoms with Gasteiger partial charge in [0, 0.05) is 26.1 Å². The van der Waals surface area contributed by atoms with Gasteiger partial charge in [0.05, 0.1) is 22.3 Å². The molecule has 112 valence electrons. The lowest BCUT2D eigenvalue weighted by molar-refractivity contribution is 0.181. The lowest BCUT2D eigenvalue weighted by atomic mass is 10.1. The number of halogens is 2. The van der Waals surface area contributed by atoms with E-state index in [-0.39, 0.29) is 0 Å². The zero-order chi connectivity index (χ0) is 15.2. The van der Waals surface area contributed by atoms with Gasteiger partial charge in [-0.1, -0.05) is 29.3 Å². The number of nitrogens with one attached hydrogen (secondary N) is 1. The lowest BCUT2D eigenvalue weighted by Crippen LogP contribution is -2.07. The van der Waals surface area contributed by atoms with Crippen molar-refractivity contribution in [1.29, 1.82) is 0 Å². The second kappa shape index (κ2) is 7.59. The first-order chi connectivity index (χ1) is 10.1.